The maximum absolute atomic E-state index is 11.1. The molecular weight excluding hydrogens is 224 g/mol. The van der Waals surface area contributed by atoms with Crippen LogP contribution < -0.4 is 0 Å². The minimum atomic E-state index is -0.325. The van der Waals surface area contributed by atoms with E-state index in [0.717, 1.165) is 5.56 Å². The molecule has 1 rings (SSSR count). The van der Waals surface area contributed by atoms with Crippen molar-refractivity contribution < 1.29 is 9.53 Å². The summed E-state index contributed by atoms with van der Waals surface area (Å²) in [5, 5.41) is 0. The topological polar surface area (TPSA) is 26.3 Å². The molecule has 0 aliphatic heterocycles. The average Bonchev–Trinajstić information content (AvgIpc) is 2.35. The Morgan fingerprint density at radius 2 is 1.72 bits per heavy atom. The number of benzene rings is 1. The molecule has 98 valence electrons. The highest BCUT2D eigenvalue weighted by molar-refractivity contribution is 5.86. The van der Waals surface area contributed by atoms with Gasteiger partial charge in [0.15, 0.2) is 0 Å². The van der Waals surface area contributed by atoms with Crippen LogP contribution in [0.2, 0.25) is 0 Å². The fourth-order valence-electron chi connectivity index (χ4n) is 1.95. The Balaban J connectivity index is 3.07. The van der Waals surface area contributed by atoms with Crippen LogP contribution in [-0.2, 0) is 9.53 Å². The summed E-state index contributed by atoms with van der Waals surface area (Å²) in [6.45, 7) is 8.78. The summed E-state index contributed by atoms with van der Waals surface area (Å²) in [7, 11) is 1.38. The summed E-state index contributed by atoms with van der Waals surface area (Å²) in [6.07, 6.45) is 3.25. The minimum absolute atomic E-state index is 0.325. The van der Waals surface area contributed by atoms with E-state index in [9.17, 15) is 4.79 Å². The molecule has 0 spiro atoms. The van der Waals surface area contributed by atoms with E-state index in [1.54, 1.807) is 6.08 Å². The van der Waals surface area contributed by atoms with Crippen LogP contribution in [-0.4, -0.2) is 13.1 Å². The summed E-state index contributed by atoms with van der Waals surface area (Å²) < 4.78 is 4.59. The van der Waals surface area contributed by atoms with Crippen LogP contribution in [0.1, 0.15) is 56.2 Å². The molecule has 0 heterocycles. The van der Waals surface area contributed by atoms with Crippen molar-refractivity contribution in [2.45, 2.75) is 39.5 Å². The van der Waals surface area contributed by atoms with Crippen molar-refractivity contribution in [2.24, 2.45) is 0 Å². The number of carbonyl (C=O) groups excluding carboxylic acids is 1. The fraction of sp³-hybridized carbons (Fsp3) is 0.438. The molecule has 0 saturated carbocycles. The Bertz CT molecular complexity index is 442. The first-order valence-corrected chi connectivity index (χ1v) is 6.35. The second-order valence-corrected chi connectivity index (χ2v) is 5.05. The van der Waals surface area contributed by atoms with Crippen LogP contribution >= 0.6 is 0 Å². The lowest BCUT2D eigenvalue weighted by atomic mass is 9.89. The zero-order chi connectivity index (χ0) is 13.7. The number of ether oxygens (including phenoxy) is 1. The highest BCUT2D eigenvalue weighted by Gasteiger charge is 2.10. The number of methoxy groups -OCH3 is 1. The van der Waals surface area contributed by atoms with Crippen LogP contribution in [0.5, 0.6) is 0 Å². The van der Waals surface area contributed by atoms with Gasteiger partial charge in [-0.05, 0) is 34.6 Å². The van der Waals surface area contributed by atoms with E-state index in [4.69, 9.17) is 0 Å². The van der Waals surface area contributed by atoms with Crippen LogP contribution in [0.3, 0.4) is 0 Å². The molecule has 2 nitrogen and oxygen atoms in total. The van der Waals surface area contributed by atoms with Gasteiger partial charge in [-0.15, -0.1) is 0 Å². The first-order chi connectivity index (χ1) is 8.45. The summed E-state index contributed by atoms with van der Waals surface area (Å²) in [5.74, 6) is 0.670. The fourth-order valence-corrected chi connectivity index (χ4v) is 1.95. The smallest absolute Gasteiger partial charge is 0.330 e. The van der Waals surface area contributed by atoms with E-state index in [2.05, 4.69) is 44.6 Å². The van der Waals surface area contributed by atoms with Crippen LogP contribution in [0.4, 0.5) is 0 Å². The second kappa shape index (κ2) is 6.39. The first-order valence-electron chi connectivity index (χ1n) is 6.35. The van der Waals surface area contributed by atoms with E-state index in [1.807, 2.05) is 6.07 Å². The van der Waals surface area contributed by atoms with Gasteiger partial charge in [0.25, 0.3) is 0 Å². The van der Waals surface area contributed by atoms with E-state index >= 15 is 0 Å². The summed E-state index contributed by atoms with van der Waals surface area (Å²) >= 11 is 0. The average molecular weight is 246 g/mol. The second-order valence-electron chi connectivity index (χ2n) is 5.05. The molecule has 0 radical (unpaired) electrons. The number of hydrogen-bond donors (Lipinski definition) is 0. The van der Waals surface area contributed by atoms with Crippen molar-refractivity contribution in [3.8, 4) is 0 Å². The molecule has 0 unspecified atom stereocenters. The van der Waals surface area contributed by atoms with Crippen molar-refractivity contribution in [2.75, 3.05) is 7.11 Å². The standard InChI is InChI=1S/C16H22O2/c1-11(2)14-8-6-13(7-9-16(17)18-5)10-15(14)12(3)4/h6-12H,1-5H3. The van der Waals surface area contributed by atoms with Gasteiger partial charge in [-0.2, -0.15) is 0 Å². The largest absolute Gasteiger partial charge is 0.466 e. The summed E-state index contributed by atoms with van der Waals surface area (Å²) in [4.78, 5) is 11.1. The van der Waals surface area contributed by atoms with Gasteiger partial charge < -0.3 is 4.74 Å². The van der Waals surface area contributed by atoms with Gasteiger partial charge in [-0.25, -0.2) is 4.79 Å². The van der Waals surface area contributed by atoms with Gasteiger partial charge in [0.1, 0.15) is 0 Å². The molecule has 0 fully saturated rings. The molecular formula is C16H22O2. The quantitative estimate of drug-likeness (QED) is 0.590. The number of esters is 1. The molecule has 2 heteroatoms. The van der Waals surface area contributed by atoms with E-state index in [1.165, 1.54) is 24.3 Å². The predicted octanol–water partition coefficient (Wildman–Crippen LogP) is 4.12. The van der Waals surface area contributed by atoms with E-state index in [-0.39, 0.29) is 5.97 Å². The highest BCUT2D eigenvalue weighted by Crippen LogP contribution is 2.27. The first kappa shape index (κ1) is 14.5. The van der Waals surface area contributed by atoms with Gasteiger partial charge in [0, 0.05) is 6.08 Å². The number of hydrogen-bond acceptors (Lipinski definition) is 2. The normalized spacial score (nSPS) is 11.5. The van der Waals surface area contributed by atoms with Crippen LogP contribution in [0.15, 0.2) is 24.3 Å². The Morgan fingerprint density at radius 3 is 2.22 bits per heavy atom. The molecule has 1 aromatic carbocycles. The van der Waals surface area contributed by atoms with Gasteiger partial charge in [-0.1, -0.05) is 45.9 Å². The summed E-state index contributed by atoms with van der Waals surface area (Å²) in [6, 6.07) is 6.34. The van der Waals surface area contributed by atoms with E-state index < -0.39 is 0 Å². The molecule has 18 heavy (non-hydrogen) atoms. The van der Waals surface area contributed by atoms with Crippen LogP contribution in [0.25, 0.3) is 6.08 Å². The Labute approximate surface area is 110 Å². The van der Waals surface area contributed by atoms with Crippen molar-refractivity contribution in [1.82, 2.24) is 0 Å². The predicted molar refractivity (Wildman–Crippen MR) is 75.7 cm³/mol. The van der Waals surface area contributed by atoms with Gasteiger partial charge in [-0.3, -0.25) is 0 Å². The minimum Gasteiger partial charge on any atom is -0.466 e. The Morgan fingerprint density at radius 1 is 1.11 bits per heavy atom. The molecule has 0 aliphatic rings. The highest BCUT2D eigenvalue weighted by atomic mass is 16.5. The van der Waals surface area contributed by atoms with Crippen molar-refractivity contribution in [3.63, 3.8) is 0 Å². The lowest BCUT2D eigenvalue weighted by molar-refractivity contribution is -0.134. The maximum Gasteiger partial charge on any atom is 0.330 e. The zero-order valence-electron chi connectivity index (χ0n) is 11.9. The van der Waals surface area contributed by atoms with Gasteiger partial charge in [0.05, 0.1) is 7.11 Å². The van der Waals surface area contributed by atoms with E-state index in [0.29, 0.717) is 11.8 Å². The van der Waals surface area contributed by atoms with Crippen molar-refractivity contribution in [3.05, 3.63) is 41.0 Å². The van der Waals surface area contributed by atoms with Crippen LogP contribution in [0, 0.1) is 0 Å². The molecule has 0 bridgehead atoms. The maximum atomic E-state index is 11.1. The monoisotopic (exact) mass is 246 g/mol. The summed E-state index contributed by atoms with van der Waals surface area (Å²) in [5.41, 5.74) is 3.76. The van der Waals surface area contributed by atoms with Gasteiger partial charge >= 0.3 is 5.97 Å². The molecule has 0 amide bonds. The van der Waals surface area contributed by atoms with Crippen molar-refractivity contribution in [1.29, 1.82) is 0 Å². The number of carbonyl (C=O) groups is 1. The molecule has 0 atom stereocenters. The molecule has 0 N–H and O–H groups in total. The molecule has 0 aliphatic carbocycles. The lowest BCUT2D eigenvalue weighted by Gasteiger charge is -2.16. The van der Waals surface area contributed by atoms with Gasteiger partial charge in [0.2, 0.25) is 0 Å². The Kier molecular flexibility index (Phi) is 5.14. The lowest BCUT2D eigenvalue weighted by Crippen LogP contribution is -1.99. The third kappa shape index (κ3) is 3.73. The molecule has 0 aromatic heterocycles. The molecule has 1 aromatic rings. The third-order valence-electron chi connectivity index (χ3n) is 2.97. The zero-order valence-corrected chi connectivity index (χ0v) is 11.9. The SMILES string of the molecule is COC(=O)C=Cc1ccc(C(C)C)c(C(C)C)c1. The number of rotatable bonds is 4. The van der Waals surface area contributed by atoms with Crippen molar-refractivity contribution >= 4 is 12.0 Å². The Hall–Kier alpha value is -1.57. The molecule has 0 saturated heterocycles. The third-order valence-corrected chi connectivity index (χ3v) is 2.97.